The van der Waals surface area contributed by atoms with E-state index in [9.17, 15) is 9.90 Å². The van der Waals surface area contributed by atoms with Crippen molar-refractivity contribution < 1.29 is 14.6 Å². The fourth-order valence-electron chi connectivity index (χ4n) is 1.33. The maximum atomic E-state index is 11.3. The minimum absolute atomic E-state index is 0.348. The van der Waals surface area contributed by atoms with Gasteiger partial charge >= 0.3 is 5.97 Å². The van der Waals surface area contributed by atoms with Gasteiger partial charge in [0, 0.05) is 11.3 Å². The van der Waals surface area contributed by atoms with E-state index in [-0.39, 0.29) is 5.97 Å². The molecule has 2 N–H and O–H groups in total. The van der Waals surface area contributed by atoms with Gasteiger partial charge in [-0.25, -0.2) is 4.79 Å². The van der Waals surface area contributed by atoms with Crippen LogP contribution in [0.4, 0.5) is 0 Å². The minimum Gasteiger partial charge on any atom is -0.461 e. The molecule has 0 aromatic carbocycles. The third kappa shape index (κ3) is 2.14. The Morgan fingerprint density at radius 3 is 2.79 bits per heavy atom. The molecule has 4 heteroatoms. The Kier molecular flexibility index (Phi) is 3.30. The molecule has 1 atom stereocenters. The Hall–Kier alpha value is -1.29. The van der Waals surface area contributed by atoms with Crippen LogP contribution < -0.4 is 0 Å². The number of H-pyrrole nitrogens is 1. The first-order valence-corrected chi connectivity index (χ1v) is 4.61. The molecule has 78 valence electrons. The number of hydrogen-bond acceptors (Lipinski definition) is 3. The van der Waals surface area contributed by atoms with E-state index in [4.69, 9.17) is 4.74 Å². The van der Waals surface area contributed by atoms with Gasteiger partial charge in [0.15, 0.2) is 0 Å². The largest absolute Gasteiger partial charge is 0.461 e. The number of aromatic nitrogens is 1. The number of carbonyl (C=O) groups excluding carboxylic acids is 1. The number of carbonyl (C=O) groups is 1. The summed E-state index contributed by atoms with van der Waals surface area (Å²) in [4.78, 5) is 14.2. The van der Waals surface area contributed by atoms with E-state index in [1.807, 2.05) is 6.92 Å². The molecule has 0 radical (unpaired) electrons. The van der Waals surface area contributed by atoms with Crippen LogP contribution >= 0.6 is 0 Å². The van der Waals surface area contributed by atoms with Crippen LogP contribution in [-0.2, 0) is 4.74 Å². The molecule has 0 aliphatic rings. The van der Waals surface area contributed by atoms with E-state index in [2.05, 4.69) is 4.98 Å². The lowest BCUT2D eigenvalue weighted by Crippen LogP contribution is -2.04. The van der Waals surface area contributed by atoms with Crippen LogP contribution in [-0.4, -0.2) is 22.7 Å². The van der Waals surface area contributed by atoms with E-state index in [0.29, 0.717) is 12.3 Å². The van der Waals surface area contributed by atoms with Gasteiger partial charge in [-0.1, -0.05) is 0 Å². The minimum atomic E-state index is -0.575. The molecule has 0 bridgehead atoms. The van der Waals surface area contributed by atoms with E-state index in [1.54, 1.807) is 19.9 Å². The first-order chi connectivity index (χ1) is 6.56. The lowest BCUT2D eigenvalue weighted by atomic mass is 10.1. The third-order valence-electron chi connectivity index (χ3n) is 2.00. The summed E-state index contributed by atoms with van der Waals surface area (Å²) in [6, 6.07) is 1.62. The van der Waals surface area contributed by atoms with Crippen molar-refractivity contribution in [2.75, 3.05) is 6.61 Å². The maximum absolute atomic E-state index is 11.3. The number of aliphatic hydroxyl groups is 1. The van der Waals surface area contributed by atoms with Gasteiger partial charge < -0.3 is 14.8 Å². The average molecular weight is 197 g/mol. The summed E-state index contributed by atoms with van der Waals surface area (Å²) in [5, 5.41) is 9.36. The number of aromatic amines is 1. The van der Waals surface area contributed by atoms with Gasteiger partial charge in [-0.3, -0.25) is 0 Å². The van der Waals surface area contributed by atoms with E-state index in [0.717, 1.165) is 11.3 Å². The zero-order valence-corrected chi connectivity index (χ0v) is 8.63. The molecule has 1 rings (SSSR count). The molecule has 1 aromatic heterocycles. The number of aryl methyl sites for hydroxylation is 1. The Morgan fingerprint density at radius 2 is 2.36 bits per heavy atom. The molecule has 0 fully saturated rings. The summed E-state index contributed by atoms with van der Waals surface area (Å²) in [6.07, 6.45) is -0.575. The first kappa shape index (κ1) is 10.8. The van der Waals surface area contributed by atoms with E-state index >= 15 is 0 Å². The highest BCUT2D eigenvalue weighted by molar-refractivity contribution is 5.87. The van der Waals surface area contributed by atoms with Crippen molar-refractivity contribution in [3.63, 3.8) is 0 Å². The summed E-state index contributed by atoms with van der Waals surface area (Å²) < 4.78 is 4.82. The molecule has 0 saturated carbocycles. The predicted molar refractivity (Wildman–Crippen MR) is 52.1 cm³/mol. The smallest absolute Gasteiger partial charge is 0.354 e. The van der Waals surface area contributed by atoms with Gasteiger partial charge in [0.05, 0.1) is 12.7 Å². The number of rotatable bonds is 3. The molecular weight excluding hydrogens is 182 g/mol. The molecule has 14 heavy (non-hydrogen) atoms. The summed E-state index contributed by atoms with van der Waals surface area (Å²) in [6.45, 7) is 5.57. The maximum Gasteiger partial charge on any atom is 0.354 e. The fraction of sp³-hybridized carbons (Fsp3) is 0.500. The predicted octanol–water partition coefficient (Wildman–Crippen LogP) is 1.55. The highest BCUT2D eigenvalue weighted by atomic mass is 16.5. The van der Waals surface area contributed by atoms with Crippen LogP contribution in [0.2, 0.25) is 0 Å². The van der Waals surface area contributed by atoms with Crippen LogP contribution in [0.25, 0.3) is 0 Å². The third-order valence-corrected chi connectivity index (χ3v) is 2.00. The molecule has 0 amide bonds. The summed E-state index contributed by atoms with van der Waals surface area (Å²) >= 11 is 0. The van der Waals surface area contributed by atoms with Crippen molar-refractivity contribution >= 4 is 5.97 Å². The van der Waals surface area contributed by atoms with E-state index < -0.39 is 6.10 Å². The van der Waals surface area contributed by atoms with Crippen molar-refractivity contribution in [1.82, 2.24) is 4.98 Å². The van der Waals surface area contributed by atoms with Crippen molar-refractivity contribution in [3.8, 4) is 0 Å². The van der Waals surface area contributed by atoms with Crippen LogP contribution in [0.3, 0.4) is 0 Å². The quantitative estimate of drug-likeness (QED) is 0.723. The van der Waals surface area contributed by atoms with Gasteiger partial charge in [-0.15, -0.1) is 0 Å². The number of aliphatic hydroxyl groups excluding tert-OH is 1. The van der Waals surface area contributed by atoms with Crippen LogP contribution in [0, 0.1) is 6.92 Å². The first-order valence-electron chi connectivity index (χ1n) is 4.61. The van der Waals surface area contributed by atoms with Gasteiger partial charge in [-0.05, 0) is 26.8 Å². The molecule has 0 saturated heterocycles. The zero-order chi connectivity index (χ0) is 10.7. The number of nitrogens with one attached hydrogen (secondary N) is 1. The Labute approximate surface area is 82.9 Å². The Morgan fingerprint density at radius 1 is 1.71 bits per heavy atom. The monoisotopic (exact) mass is 197 g/mol. The normalized spacial score (nSPS) is 12.6. The topological polar surface area (TPSA) is 62.3 Å². The Bertz CT molecular complexity index is 328. The molecule has 4 nitrogen and oxygen atoms in total. The molecule has 1 aromatic rings. The highest BCUT2D eigenvalue weighted by Crippen LogP contribution is 2.18. The summed E-state index contributed by atoms with van der Waals surface area (Å²) in [7, 11) is 0. The molecule has 0 aliphatic heterocycles. The van der Waals surface area contributed by atoms with Crippen molar-refractivity contribution in [3.05, 3.63) is 23.0 Å². The molecular formula is C10H15NO3. The lowest BCUT2D eigenvalue weighted by Gasteiger charge is -2.00. The van der Waals surface area contributed by atoms with Gasteiger partial charge in [0.25, 0.3) is 0 Å². The average Bonchev–Trinajstić information content (AvgIpc) is 2.48. The standard InChI is InChI=1S/C10H15NO3/c1-4-14-10(13)9-5-8(7(3)12)6(2)11-9/h5,7,11-12H,4H2,1-3H3. The molecule has 0 spiro atoms. The zero-order valence-electron chi connectivity index (χ0n) is 8.63. The molecule has 0 aliphatic carbocycles. The molecule has 1 unspecified atom stereocenters. The second-order valence-corrected chi connectivity index (χ2v) is 3.16. The number of esters is 1. The van der Waals surface area contributed by atoms with Gasteiger partial charge in [0.1, 0.15) is 5.69 Å². The van der Waals surface area contributed by atoms with Crippen LogP contribution in [0.1, 0.15) is 41.7 Å². The van der Waals surface area contributed by atoms with Crippen molar-refractivity contribution in [2.45, 2.75) is 26.9 Å². The van der Waals surface area contributed by atoms with Crippen LogP contribution in [0.5, 0.6) is 0 Å². The number of ether oxygens (including phenoxy) is 1. The SMILES string of the molecule is CCOC(=O)c1cc(C(C)O)c(C)[nH]1. The van der Waals surface area contributed by atoms with Crippen LogP contribution in [0.15, 0.2) is 6.07 Å². The summed E-state index contributed by atoms with van der Waals surface area (Å²) in [5.41, 5.74) is 1.91. The van der Waals surface area contributed by atoms with Crippen molar-refractivity contribution in [1.29, 1.82) is 0 Å². The number of hydrogen-bond donors (Lipinski definition) is 2. The van der Waals surface area contributed by atoms with Crippen molar-refractivity contribution in [2.24, 2.45) is 0 Å². The molecule has 1 heterocycles. The fourth-order valence-corrected chi connectivity index (χ4v) is 1.33. The lowest BCUT2D eigenvalue weighted by molar-refractivity contribution is 0.0520. The highest BCUT2D eigenvalue weighted by Gasteiger charge is 2.14. The van der Waals surface area contributed by atoms with Gasteiger partial charge in [-0.2, -0.15) is 0 Å². The Balaban J connectivity index is 2.90. The second kappa shape index (κ2) is 4.28. The second-order valence-electron chi connectivity index (χ2n) is 3.16. The van der Waals surface area contributed by atoms with E-state index in [1.165, 1.54) is 0 Å². The van der Waals surface area contributed by atoms with Gasteiger partial charge in [0.2, 0.25) is 0 Å². The summed E-state index contributed by atoms with van der Waals surface area (Å²) in [5.74, 6) is -0.387.